The molecule has 2 bridgehead atoms. The number of amides is 2. The third-order valence-corrected chi connectivity index (χ3v) is 6.00. The highest BCUT2D eigenvalue weighted by Gasteiger charge is 2.43. The summed E-state index contributed by atoms with van der Waals surface area (Å²) < 4.78 is 3.49. The molecule has 9 nitrogen and oxygen atoms in total. The van der Waals surface area contributed by atoms with Crippen molar-refractivity contribution in [2.75, 3.05) is 13.1 Å². The first-order valence-corrected chi connectivity index (χ1v) is 9.87. The molecule has 3 saturated heterocycles. The molecule has 6 heterocycles. The predicted molar refractivity (Wildman–Crippen MR) is 105 cm³/mol. The number of aryl methyl sites for hydroxylation is 2. The molecule has 0 saturated carbocycles. The largest absolute Gasteiger partial charge is 0.334 e. The Morgan fingerprint density at radius 1 is 1.14 bits per heavy atom. The summed E-state index contributed by atoms with van der Waals surface area (Å²) in [5, 5.41) is 4.22. The topological polar surface area (TPSA) is 89.2 Å². The molecule has 2 amide bonds. The third-order valence-electron chi connectivity index (χ3n) is 6.00. The lowest BCUT2D eigenvalue weighted by molar-refractivity contribution is -0.141. The van der Waals surface area contributed by atoms with E-state index in [9.17, 15) is 9.59 Å². The third kappa shape index (κ3) is 2.97. The zero-order valence-electron chi connectivity index (χ0n) is 16.5. The average Bonchev–Trinajstić information content (AvgIpc) is 3.33. The van der Waals surface area contributed by atoms with Crippen LogP contribution >= 0.6 is 0 Å². The molecule has 6 rings (SSSR count). The normalized spacial score (nSPS) is 21.2. The van der Waals surface area contributed by atoms with Crippen molar-refractivity contribution in [3.8, 4) is 0 Å². The average molecular weight is 393 g/mol. The van der Waals surface area contributed by atoms with E-state index in [-0.39, 0.29) is 30.4 Å². The highest BCUT2D eigenvalue weighted by Crippen LogP contribution is 2.31. The number of aromatic nitrogens is 5. The standard InChI is InChI=1S/C20H23N7O2/c1-13-7-23-25(8-13)11-17(28)26-9-15-4-3-14(26)10-27(15)20(29)16-5-6-21-19-18(16)22-12-24(19)2/h5-8,12,14-15H,3-4,9-11H2,1-2H3. The van der Waals surface area contributed by atoms with E-state index in [0.29, 0.717) is 29.8 Å². The molecule has 150 valence electrons. The van der Waals surface area contributed by atoms with Crippen LogP contribution in [0.3, 0.4) is 0 Å². The maximum absolute atomic E-state index is 13.3. The molecule has 0 radical (unpaired) electrons. The van der Waals surface area contributed by atoms with Crippen molar-refractivity contribution in [2.45, 2.75) is 38.4 Å². The molecule has 0 N–H and O–H groups in total. The lowest BCUT2D eigenvalue weighted by Crippen LogP contribution is -2.65. The van der Waals surface area contributed by atoms with E-state index < -0.39 is 0 Å². The second-order valence-electron chi connectivity index (χ2n) is 7.99. The fourth-order valence-electron chi connectivity index (χ4n) is 4.52. The molecule has 3 aliphatic rings. The number of rotatable bonds is 3. The lowest BCUT2D eigenvalue weighted by atomic mass is 9.90. The Morgan fingerprint density at radius 2 is 1.90 bits per heavy atom. The van der Waals surface area contributed by atoms with Crippen molar-refractivity contribution in [2.24, 2.45) is 7.05 Å². The Kier molecular flexibility index (Phi) is 4.11. The first-order valence-electron chi connectivity index (χ1n) is 9.87. The van der Waals surface area contributed by atoms with Gasteiger partial charge in [0.05, 0.1) is 18.1 Å². The van der Waals surface area contributed by atoms with Gasteiger partial charge in [-0.15, -0.1) is 0 Å². The SMILES string of the molecule is Cc1cnn(CC(=O)N2CC3CCC2CN3C(=O)c2ccnc3c2ncn3C)c1. The number of fused-ring (bicyclic) bond motifs is 4. The molecule has 9 heteroatoms. The fourth-order valence-corrected chi connectivity index (χ4v) is 4.52. The van der Waals surface area contributed by atoms with E-state index in [2.05, 4.69) is 15.1 Å². The van der Waals surface area contributed by atoms with Crippen LogP contribution in [0.1, 0.15) is 28.8 Å². The van der Waals surface area contributed by atoms with Crippen LogP contribution in [0.15, 0.2) is 31.0 Å². The van der Waals surface area contributed by atoms with E-state index in [1.807, 2.05) is 34.5 Å². The van der Waals surface area contributed by atoms with E-state index in [0.717, 1.165) is 18.4 Å². The van der Waals surface area contributed by atoms with Gasteiger partial charge in [0.2, 0.25) is 5.91 Å². The highest BCUT2D eigenvalue weighted by molar-refractivity contribution is 6.04. The smallest absolute Gasteiger partial charge is 0.256 e. The fraction of sp³-hybridized carbons (Fsp3) is 0.450. The number of hydrogen-bond acceptors (Lipinski definition) is 5. The maximum atomic E-state index is 13.3. The maximum Gasteiger partial charge on any atom is 0.256 e. The molecule has 3 aromatic rings. The van der Waals surface area contributed by atoms with Gasteiger partial charge >= 0.3 is 0 Å². The quantitative estimate of drug-likeness (QED) is 0.662. The molecule has 3 fully saturated rings. The van der Waals surface area contributed by atoms with Gasteiger partial charge in [0.1, 0.15) is 12.1 Å². The summed E-state index contributed by atoms with van der Waals surface area (Å²) in [7, 11) is 1.87. The van der Waals surface area contributed by atoms with Crippen LogP contribution in [0, 0.1) is 6.92 Å². The van der Waals surface area contributed by atoms with Crippen molar-refractivity contribution in [1.82, 2.24) is 34.1 Å². The molecule has 29 heavy (non-hydrogen) atoms. The summed E-state index contributed by atoms with van der Waals surface area (Å²) >= 11 is 0. The van der Waals surface area contributed by atoms with Crippen LogP contribution in [0.5, 0.6) is 0 Å². The number of carbonyl (C=O) groups is 2. The van der Waals surface area contributed by atoms with Crippen molar-refractivity contribution in [1.29, 1.82) is 0 Å². The van der Waals surface area contributed by atoms with Crippen LogP contribution in [0.2, 0.25) is 0 Å². The predicted octanol–water partition coefficient (Wildman–Crippen LogP) is 0.989. The van der Waals surface area contributed by atoms with Crippen molar-refractivity contribution in [3.05, 3.63) is 42.1 Å². The number of imidazole rings is 1. The second kappa shape index (κ2) is 6.68. The number of piperidine rings is 2. The number of piperazine rings is 1. The molecule has 0 spiro atoms. The summed E-state index contributed by atoms with van der Waals surface area (Å²) in [6, 6.07) is 1.82. The molecule has 3 aromatic heterocycles. The molecular weight excluding hydrogens is 370 g/mol. The Balaban J connectivity index is 1.34. The van der Waals surface area contributed by atoms with Crippen LogP contribution in [0.4, 0.5) is 0 Å². The van der Waals surface area contributed by atoms with Gasteiger partial charge in [-0.3, -0.25) is 14.3 Å². The monoisotopic (exact) mass is 393 g/mol. The Hall–Kier alpha value is -3.23. The van der Waals surface area contributed by atoms with E-state index in [1.54, 1.807) is 29.5 Å². The minimum Gasteiger partial charge on any atom is -0.334 e. The van der Waals surface area contributed by atoms with E-state index in [1.165, 1.54) is 0 Å². The zero-order valence-corrected chi connectivity index (χ0v) is 16.5. The van der Waals surface area contributed by atoms with Gasteiger partial charge in [0.25, 0.3) is 5.91 Å². The minimum absolute atomic E-state index is 0.0272. The van der Waals surface area contributed by atoms with Crippen LogP contribution in [-0.2, 0) is 18.4 Å². The first-order chi connectivity index (χ1) is 14.0. The Bertz CT molecular complexity index is 1100. The summed E-state index contributed by atoms with van der Waals surface area (Å²) in [5.41, 5.74) is 2.94. The molecular formula is C20H23N7O2. The Morgan fingerprint density at radius 3 is 2.59 bits per heavy atom. The van der Waals surface area contributed by atoms with Gasteiger partial charge in [-0.25, -0.2) is 9.97 Å². The number of hydrogen-bond donors (Lipinski definition) is 0. The molecule has 2 atom stereocenters. The Labute approximate surface area is 167 Å². The van der Waals surface area contributed by atoms with Gasteiger partial charge in [0, 0.05) is 44.6 Å². The van der Waals surface area contributed by atoms with Gasteiger partial charge in [-0.05, 0) is 31.4 Å². The van der Waals surface area contributed by atoms with Gasteiger partial charge < -0.3 is 14.4 Å². The van der Waals surface area contributed by atoms with Gasteiger partial charge in [-0.2, -0.15) is 5.10 Å². The molecule has 0 aromatic carbocycles. The lowest BCUT2D eigenvalue weighted by Gasteiger charge is -2.51. The van der Waals surface area contributed by atoms with Crippen molar-refractivity contribution < 1.29 is 9.59 Å². The minimum atomic E-state index is -0.0272. The molecule has 0 aliphatic carbocycles. The molecule has 3 aliphatic heterocycles. The van der Waals surface area contributed by atoms with Crippen molar-refractivity contribution >= 4 is 23.0 Å². The van der Waals surface area contributed by atoms with Crippen LogP contribution < -0.4 is 0 Å². The van der Waals surface area contributed by atoms with Crippen molar-refractivity contribution in [3.63, 3.8) is 0 Å². The summed E-state index contributed by atoms with van der Waals surface area (Å²) in [4.78, 5) is 38.7. The number of nitrogens with zero attached hydrogens (tertiary/aromatic N) is 7. The summed E-state index contributed by atoms with van der Waals surface area (Å²) in [6.07, 6.45) is 8.79. The summed E-state index contributed by atoms with van der Waals surface area (Å²) in [5.74, 6) is 0.0338. The number of carbonyl (C=O) groups excluding carboxylic acids is 2. The first kappa shape index (κ1) is 17.8. The summed E-state index contributed by atoms with van der Waals surface area (Å²) in [6.45, 7) is 3.33. The zero-order chi connectivity index (χ0) is 20.1. The molecule has 2 unspecified atom stereocenters. The van der Waals surface area contributed by atoms with E-state index in [4.69, 9.17) is 0 Å². The van der Waals surface area contributed by atoms with Crippen LogP contribution in [-0.4, -0.2) is 71.1 Å². The second-order valence-corrected chi connectivity index (χ2v) is 7.99. The highest BCUT2D eigenvalue weighted by atomic mass is 16.2. The van der Waals surface area contributed by atoms with Crippen LogP contribution in [0.25, 0.3) is 11.2 Å². The number of pyridine rings is 1. The van der Waals surface area contributed by atoms with Gasteiger partial charge in [0.15, 0.2) is 5.65 Å². The van der Waals surface area contributed by atoms with E-state index >= 15 is 0 Å². The van der Waals surface area contributed by atoms with Gasteiger partial charge in [-0.1, -0.05) is 0 Å².